The summed E-state index contributed by atoms with van der Waals surface area (Å²) >= 11 is 0. The Bertz CT molecular complexity index is 654. The van der Waals surface area contributed by atoms with Crippen LogP contribution in [0.1, 0.15) is 24.0 Å². The third-order valence-corrected chi connectivity index (χ3v) is 3.72. The van der Waals surface area contributed by atoms with Gasteiger partial charge in [0, 0.05) is 12.0 Å². The summed E-state index contributed by atoms with van der Waals surface area (Å²) in [7, 11) is 0. The number of carbonyl (C=O) groups is 2. The number of imide groups is 1. The summed E-state index contributed by atoms with van der Waals surface area (Å²) in [4.78, 5) is 25.0. The van der Waals surface area contributed by atoms with Crippen molar-refractivity contribution in [3.63, 3.8) is 0 Å². The second-order valence-corrected chi connectivity index (χ2v) is 5.33. The zero-order chi connectivity index (χ0) is 15.0. The van der Waals surface area contributed by atoms with Crippen molar-refractivity contribution in [3.05, 3.63) is 35.1 Å². The monoisotopic (exact) mass is 287 g/mol. The Labute approximate surface area is 121 Å². The maximum absolute atomic E-state index is 13.6. The molecule has 1 N–H and O–H groups in total. The summed E-state index contributed by atoms with van der Waals surface area (Å²) in [5.74, 6) is 4.43. The number of aliphatic hydroxyl groups is 1. The van der Waals surface area contributed by atoms with E-state index in [1.165, 1.54) is 17.0 Å². The number of halogens is 1. The molecule has 21 heavy (non-hydrogen) atoms. The summed E-state index contributed by atoms with van der Waals surface area (Å²) in [6.07, 6.45) is 0.980. The van der Waals surface area contributed by atoms with Crippen LogP contribution in [0.25, 0.3) is 0 Å². The minimum Gasteiger partial charge on any atom is -0.395 e. The molecule has 2 unspecified atom stereocenters. The molecule has 4 nitrogen and oxygen atoms in total. The van der Waals surface area contributed by atoms with Crippen molar-refractivity contribution in [2.45, 2.75) is 19.4 Å². The number of hydrogen-bond donors (Lipinski definition) is 1. The average molecular weight is 287 g/mol. The fourth-order valence-corrected chi connectivity index (χ4v) is 2.62. The second-order valence-electron chi connectivity index (χ2n) is 5.33. The van der Waals surface area contributed by atoms with Crippen molar-refractivity contribution in [2.24, 2.45) is 11.8 Å². The third kappa shape index (κ3) is 2.67. The molecule has 0 spiro atoms. The maximum atomic E-state index is 13.6. The molecule has 0 radical (unpaired) electrons. The van der Waals surface area contributed by atoms with Gasteiger partial charge >= 0.3 is 0 Å². The Balaban J connectivity index is 1.78. The summed E-state index contributed by atoms with van der Waals surface area (Å²) in [6.45, 7) is 0.0475. The van der Waals surface area contributed by atoms with Gasteiger partial charge in [0.25, 0.3) is 0 Å². The van der Waals surface area contributed by atoms with E-state index in [1.54, 1.807) is 6.07 Å². The number of amides is 2. The van der Waals surface area contributed by atoms with Gasteiger partial charge in [0.05, 0.1) is 25.0 Å². The largest absolute Gasteiger partial charge is 0.395 e. The highest BCUT2D eigenvalue weighted by Gasteiger charge is 2.58. The summed E-state index contributed by atoms with van der Waals surface area (Å²) in [5.41, 5.74) is 1.02. The van der Waals surface area contributed by atoms with Gasteiger partial charge in [-0.1, -0.05) is 11.8 Å². The Morgan fingerprint density at radius 3 is 2.62 bits per heavy atom. The van der Waals surface area contributed by atoms with E-state index < -0.39 is 5.82 Å². The number of carbonyl (C=O) groups excluding carboxylic acids is 2. The molecule has 2 fully saturated rings. The van der Waals surface area contributed by atoms with Crippen molar-refractivity contribution < 1.29 is 19.1 Å². The van der Waals surface area contributed by atoms with Crippen molar-refractivity contribution in [3.8, 4) is 11.8 Å². The maximum Gasteiger partial charge on any atom is 0.233 e. The number of likely N-dealkylation sites (tertiary alicyclic amines) is 1. The fraction of sp³-hybridized carbons (Fsp3) is 0.375. The molecule has 2 atom stereocenters. The molecule has 0 aromatic heterocycles. The van der Waals surface area contributed by atoms with Gasteiger partial charge < -0.3 is 5.11 Å². The van der Waals surface area contributed by atoms with Gasteiger partial charge in [-0.2, -0.15) is 0 Å². The predicted molar refractivity (Wildman–Crippen MR) is 72.1 cm³/mol. The second kappa shape index (κ2) is 5.30. The van der Waals surface area contributed by atoms with Crippen molar-refractivity contribution in [2.75, 3.05) is 6.61 Å². The Hall–Kier alpha value is -2.19. The zero-order valence-corrected chi connectivity index (χ0v) is 11.3. The van der Waals surface area contributed by atoms with Crippen LogP contribution in [0.15, 0.2) is 18.2 Å². The van der Waals surface area contributed by atoms with Crippen LogP contribution in [0.2, 0.25) is 0 Å². The molecule has 0 bridgehead atoms. The molecule has 2 amide bonds. The highest BCUT2D eigenvalue weighted by Crippen LogP contribution is 2.47. The molecule has 1 saturated carbocycles. The molecule has 1 saturated heterocycles. The first-order valence-corrected chi connectivity index (χ1v) is 6.84. The van der Waals surface area contributed by atoms with Gasteiger partial charge in [-0.25, -0.2) is 4.39 Å². The highest BCUT2D eigenvalue weighted by molar-refractivity contribution is 6.08. The van der Waals surface area contributed by atoms with Crippen molar-refractivity contribution in [1.82, 2.24) is 4.90 Å². The minimum atomic E-state index is -0.454. The lowest BCUT2D eigenvalue weighted by molar-refractivity contribution is -0.142. The summed E-state index contributed by atoms with van der Waals surface area (Å²) in [6, 6.07) is 4.26. The molecular formula is C16H14FNO3. The van der Waals surface area contributed by atoms with E-state index in [-0.39, 0.29) is 36.8 Å². The quantitative estimate of drug-likeness (QED) is 0.668. The van der Waals surface area contributed by atoms with E-state index in [2.05, 4.69) is 11.8 Å². The van der Waals surface area contributed by atoms with Crippen molar-refractivity contribution in [1.29, 1.82) is 0 Å². The van der Waals surface area contributed by atoms with Crippen LogP contribution >= 0.6 is 0 Å². The molecule has 5 heteroatoms. The molecule has 1 aromatic carbocycles. The van der Waals surface area contributed by atoms with Gasteiger partial charge in [-0.05, 0) is 30.2 Å². The van der Waals surface area contributed by atoms with Crippen molar-refractivity contribution >= 4 is 11.8 Å². The van der Waals surface area contributed by atoms with E-state index >= 15 is 0 Å². The lowest BCUT2D eigenvalue weighted by Crippen LogP contribution is -2.32. The van der Waals surface area contributed by atoms with Crippen LogP contribution in [-0.2, 0) is 16.1 Å². The fourth-order valence-electron chi connectivity index (χ4n) is 2.62. The van der Waals surface area contributed by atoms with Gasteiger partial charge in [0.1, 0.15) is 5.82 Å². The summed E-state index contributed by atoms with van der Waals surface area (Å²) in [5, 5.41) is 8.67. The van der Waals surface area contributed by atoms with Crippen LogP contribution in [-0.4, -0.2) is 28.4 Å². The summed E-state index contributed by atoms with van der Waals surface area (Å²) < 4.78 is 13.6. The lowest BCUT2D eigenvalue weighted by atomic mass is 10.1. The number of aliphatic hydroxyl groups excluding tert-OH is 1. The molecule has 1 aliphatic heterocycles. The van der Waals surface area contributed by atoms with E-state index in [4.69, 9.17) is 5.11 Å². The SMILES string of the molecule is O=C1C2CC2C(=O)N1Cc1cc(F)cc(C#CCCO)c1. The molecular weight excluding hydrogens is 273 g/mol. The van der Waals surface area contributed by atoms with Gasteiger partial charge in [-0.3, -0.25) is 14.5 Å². The lowest BCUT2D eigenvalue weighted by Gasteiger charge is -2.16. The Morgan fingerprint density at radius 2 is 1.95 bits per heavy atom. The average Bonchev–Trinajstić information content (AvgIpc) is 3.19. The van der Waals surface area contributed by atoms with Crippen LogP contribution in [0, 0.1) is 29.5 Å². The standard InChI is InChI=1S/C16H14FNO3/c17-12-6-10(3-1-2-4-19)5-11(7-12)9-18-15(20)13-8-14(13)16(18)21/h5-7,13-14,19H,2,4,8-9H2. The third-order valence-electron chi connectivity index (χ3n) is 3.72. The molecule has 1 heterocycles. The molecule has 2 aliphatic rings. The van der Waals surface area contributed by atoms with E-state index in [9.17, 15) is 14.0 Å². The predicted octanol–water partition coefficient (Wildman–Crippen LogP) is 1.06. The van der Waals surface area contributed by atoms with Gasteiger partial charge in [0.2, 0.25) is 11.8 Å². The molecule has 1 aromatic rings. The number of hydrogen-bond acceptors (Lipinski definition) is 3. The molecule has 108 valence electrons. The molecule has 3 rings (SSSR count). The first kappa shape index (κ1) is 13.8. The van der Waals surface area contributed by atoms with Gasteiger partial charge in [0.15, 0.2) is 0 Å². The minimum absolute atomic E-state index is 0.0469. The van der Waals surface area contributed by atoms with Gasteiger partial charge in [-0.15, -0.1) is 0 Å². The number of piperidine rings is 1. The van der Waals surface area contributed by atoms with E-state index in [1.807, 2.05) is 0 Å². The normalized spacial score (nSPS) is 22.9. The zero-order valence-electron chi connectivity index (χ0n) is 11.3. The van der Waals surface area contributed by atoms with Crippen LogP contribution in [0.5, 0.6) is 0 Å². The highest BCUT2D eigenvalue weighted by atomic mass is 19.1. The number of nitrogens with zero attached hydrogens (tertiary/aromatic N) is 1. The first-order valence-electron chi connectivity index (χ1n) is 6.84. The Morgan fingerprint density at radius 1 is 1.24 bits per heavy atom. The number of rotatable bonds is 3. The smallest absolute Gasteiger partial charge is 0.233 e. The Kier molecular flexibility index (Phi) is 3.48. The van der Waals surface area contributed by atoms with E-state index in [0.29, 0.717) is 24.0 Å². The topological polar surface area (TPSA) is 57.6 Å². The first-order chi connectivity index (χ1) is 10.1. The molecule has 1 aliphatic carbocycles. The van der Waals surface area contributed by atoms with Crippen LogP contribution < -0.4 is 0 Å². The van der Waals surface area contributed by atoms with Crippen LogP contribution in [0.3, 0.4) is 0 Å². The number of benzene rings is 1. The number of fused-ring (bicyclic) bond motifs is 1. The van der Waals surface area contributed by atoms with E-state index in [0.717, 1.165) is 0 Å². The van der Waals surface area contributed by atoms with Crippen LogP contribution in [0.4, 0.5) is 4.39 Å².